The number of hydrogen-bond acceptors (Lipinski definition) is 2. The normalized spacial score (nSPS) is 19.1. The SMILES string of the molecule is CN(C1CCCCCC1)C(CN)c1ccc(Cl)c(Cl)c1. The molecule has 20 heavy (non-hydrogen) atoms. The van der Waals surface area contributed by atoms with Crippen molar-refractivity contribution in [1.29, 1.82) is 0 Å². The van der Waals surface area contributed by atoms with E-state index in [-0.39, 0.29) is 6.04 Å². The molecule has 0 aromatic heterocycles. The van der Waals surface area contributed by atoms with Crippen molar-refractivity contribution >= 4 is 23.2 Å². The molecule has 0 saturated heterocycles. The Morgan fingerprint density at radius 2 is 1.80 bits per heavy atom. The van der Waals surface area contributed by atoms with E-state index in [0.29, 0.717) is 22.6 Å². The molecule has 1 saturated carbocycles. The lowest BCUT2D eigenvalue weighted by molar-refractivity contribution is 0.161. The highest BCUT2D eigenvalue weighted by Gasteiger charge is 2.24. The fourth-order valence-corrected chi connectivity index (χ4v) is 3.48. The van der Waals surface area contributed by atoms with Gasteiger partial charge in [-0.3, -0.25) is 4.90 Å². The second kappa shape index (κ2) is 7.65. The summed E-state index contributed by atoms with van der Waals surface area (Å²) in [4.78, 5) is 2.44. The van der Waals surface area contributed by atoms with Crippen molar-refractivity contribution in [3.63, 3.8) is 0 Å². The Hall–Kier alpha value is -0.280. The van der Waals surface area contributed by atoms with Crippen LogP contribution in [0.15, 0.2) is 18.2 Å². The molecule has 2 N–H and O–H groups in total. The molecule has 0 heterocycles. The van der Waals surface area contributed by atoms with Gasteiger partial charge in [-0.1, -0.05) is 55.0 Å². The molecule has 1 aromatic carbocycles. The van der Waals surface area contributed by atoms with Gasteiger partial charge in [-0.05, 0) is 37.6 Å². The first-order valence-corrected chi connectivity index (χ1v) is 8.26. The van der Waals surface area contributed by atoms with Crippen LogP contribution in [0.4, 0.5) is 0 Å². The van der Waals surface area contributed by atoms with Gasteiger partial charge in [-0.15, -0.1) is 0 Å². The number of nitrogens with zero attached hydrogens (tertiary/aromatic N) is 1. The average molecular weight is 315 g/mol. The summed E-state index contributed by atoms with van der Waals surface area (Å²) in [5, 5.41) is 1.21. The van der Waals surface area contributed by atoms with E-state index in [1.807, 2.05) is 18.2 Å². The molecule has 112 valence electrons. The Morgan fingerprint density at radius 3 is 2.35 bits per heavy atom. The predicted octanol–water partition coefficient (Wildman–Crippen LogP) is 4.65. The molecule has 1 fully saturated rings. The number of hydrogen-bond donors (Lipinski definition) is 1. The molecule has 4 heteroatoms. The number of likely N-dealkylation sites (N-methyl/N-ethyl adjacent to an activating group) is 1. The van der Waals surface area contributed by atoms with Gasteiger partial charge < -0.3 is 5.73 Å². The Labute approximate surface area is 132 Å². The van der Waals surface area contributed by atoms with E-state index in [4.69, 9.17) is 28.9 Å². The van der Waals surface area contributed by atoms with E-state index in [1.54, 1.807) is 0 Å². The van der Waals surface area contributed by atoms with Gasteiger partial charge in [-0.2, -0.15) is 0 Å². The Bertz CT molecular complexity index is 428. The summed E-state index contributed by atoms with van der Waals surface area (Å²) in [6.07, 6.45) is 7.93. The van der Waals surface area contributed by atoms with E-state index in [9.17, 15) is 0 Å². The van der Waals surface area contributed by atoms with E-state index < -0.39 is 0 Å². The van der Waals surface area contributed by atoms with Gasteiger partial charge in [0.2, 0.25) is 0 Å². The summed E-state index contributed by atoms with van der Waals surface area (Å²) >= 11 is 12.1. The number of benzene rings is 1. The first-order valence-electron chi connectivity index (χ1n) is 7.50. The molecule has 0 bridgehead atoms. The smallest absolute Gasteiger partial charge is 0.0595 e. The average Bonchev–Trinajstić information content (AvgIpc) is 2.72. The molecule has 1 aliphatic rings. The molecule has 2 nitrogen and oxygen atoms in total. The summed E-state index contributed by atoms with van der Waals surface area (Å²) in [5.74, 6) is 0. The summed E-state index contributed by atoms with van der Waals surface area (Å²) < 4.78 is 0. The first-order chi connectivity index (χ1) is 9.63. The highest BCUT2D eigenvalue weighted by atomic mass is 35.5. The monoisotopic (exact) mass is 314 g/mol. The maximum Gasteiger partial charge on any atom is 0.0595 e. The van der Waals surface area contributed by atoms with E-state index in [0.717, 1.165) is 5.56 Å². The third-order valence-electron chi connectivity index (χ3n) is 4.44. The molecule has 0 spiro atoms. The van der Waals surface area contributed by atoms with Crippen LogP contribution >= 0.6 is 23.2 Å². The summed E-state index contributed by atoms with van der Waals surface area (Å²) in [6.45, 7) is 0.602. The maximum absolute atomic E-state index is 6.14. The summed E-state index contributed by atoms with van der Waals surface area (Å²) in [7, 11) is 2.19. The lowest BCUT2D eigenvalue weighted by atomic mass is 10.0. The van der Waals surface area contributed by atoms with Crippen LogP contribution in [-0.4, -0.2) is 24.5 Å². The fraction of sp³-hybridized carbons (Fsp3) is 0.625. The zero-order valence-electron chi connectivity index (χ0n) is 12.1. The molecule has 0 aliphatic heterocycles. The van der Waals surface area contributed by atoms with Crippen LogP contribution < -0.4 is 5.73 Å². The Kier molecular flexibility index (Phi) is 6.16. The van der Waals surface area contributed by atoms with Crippen LogP contribution in [0.1, 0.15) is 50.1 Å². The second-order valence-corrected chi connectivity index (χ2v) is 6.55. The lowest BCUT2D eigenvalue weighted by Gasteiger charge is -2.34. The minimum Gasteiger partial charge on any atom is -0.329 e. The van der Waals surface area contributed by atoms with Crippen molar-refractivity contribution in [1.82, 2.24) is 4.90 Å². The van der Waals surface area contributed by atoms with E-state index >= 15 is 0 Å². The van der Waals surface area contributed by atoms with Crippen molar-refractivity contribution < 1.29 is 0 Å². The molecule has 1 atom stereocenters. The van der Waals surface area contributed by atoms with Gasteiger partial charge in [0, 0.05) is 18.6 Å². The van der Waals surface area contributed by atoms with Gasteiger partial charge in [0.25, 0.3) is 0 Å². The van der Waals surface area contributed by atoms with Crippen molar-refractivity contribution in [2.45, 2.75) is 50.6 Å². The second-order valence-electron chi connectivity index (χ2n) is 5.74. The fourth-order valence-electron chi connectivity index (χ4n) is 3.18. The zero-order chi connectivity index (χ0) is 14.5. The van der Waals surface area contributed by atoms with Gasteiger partial charge in [0.15, 0.2) is 0 Å². The van der Waals surface area contributed by atoms with E-state index in [2.05, 4.69) is 11.9 Å². The summed E-state index contributed by atoms with van der Waals surface area (Å²) in [5.41, 5.74) is 7.18. The number of halogens is 2. The standard InChI is InChI=1S/C16H24Cl2N2/c1-20(13-6-4-2-3-5-7-13)16(11-19)12-8-9-14(17)15(18)10-12/h8-10,13,16H,2-7,11,19H2,1H3. The highest BCUT2D eigenvalue weighted by molar-refractivity contribution is 6.42. The topological polar surface area (TPSA) is 29.3 Å². The first kappa shape index (κ1) is 16.1. The molecule has 1 aliphatic carbocycles. The van der Waals surface area contributed by atoms with Crippen LogP contribution in [0.3, 0.4) is 0 Å². The third-order valence-corrected chi connectivity index (χ3v) is 5.18. The minimum absolute atomic E-state index is 0.216. The third kappa shape index (κ3) is 3.88. The Morgan fingerprint density at radius 1 is 1.15 bits per heavy atom. The largest absolute Gasteiger partial charge is 0.329 e. The molecule has 2 rings (SSSR count). The molecular weight excluding hydrogens is 291 g/mol. The quantitative estimate of drug-likeness (QED) is 0.820. The van der Waals surface area contributed by atoms with Crippen LogP contribution in [0.25, 0.3) is 0 Å². The zero-order valence-corrected chi connectivity index (χ0v) is 13.6. The maximum atomic E-state index is 6.14. The van der Waals surface area contributed by atoms with Gasteiger partial charge in [0.05, 0.1) is 10.0 Å². The van der Waals surface area contributed by atoms with Gasteiger partial charge in [0.1, 0.15) is 0 Å². The minimum atomic E-state index is 0.216. The van der Waals surface area contributed by atoms with E-state index in [1.165, 1.54) is 38.5 Å². The van der Waals surface area contributed by atoms with Crippen LogP contribution in [0.2, 0.25) is 10.0 Å². The number of nitrogens with two attached hydrogens (primary N) is 1. The highest BCUT2D eigenvalue weighted by Crippen LogP contribution is 2.31. The van der Waals surface area contributed by atoms with Crippen molar-refractivity contribution in [3.05, 3.63) is 33.8 Å². The van der Waals surface area contributed by atoms with Crippen molar-refractivity contribution in [2.24, 2.45) is 5.73 Å². The molecular formula is C16H24Cl2N2. The van der Waals surface area contributed by atoms with Crippen LogP contribution in [0, 0.1) is 0 Å². The molecule has 1 aromatic rings. The number of rotatable bonds is 4. The molecule has 1 unspecified atom stereocenters. The van der Waals surface area contributed by atoms with Crippen LogP contribution in [0.5, 0.6) is 0 Å². The Balaban J connectivity index is 2.15. The molecule has 0 amide bonds. The summed E-state index contributed by atoms with van der Waals surface area (Å²) in [6, 6.07) is 6.70. The van der Waals surface area contributed by atoms with Gasteiger partial charge >= 0.3 is 0 Å². The lowest BCUT2D eigenvalue weighted by Crippen LogP contribution is -2.38. The van der Waals surface area contributed by atoms with Crippen molar-refractivity contribution in [3.8, 4) is 0 Å². The van der Waals surface area contributed by atoms with Crippen LogP contribution in [-0.2, 0) is 0 Å². The van der Waals surface area contributed by atoms with Crippen molar-refractivity contribution in [2.75, 3.05) is 13.6 Å². The predicted molar refractivity (Wildman–Crippen MR) is 87.5 cm³/mol. The molecule has 0 radical (unpaired) electrons. The van der Waals surface area contributed by atoms with Gasteiger partial charge in [-0.25, -0.2) is 0 Å².